The number of hydrogen-bond acceptors (Lipinski definition) is 3. The van der Waals surface area contributed by atoms with Crippen LogP contribution in [-0.2, 0) is 11.2 Å². The first kappa shape index (κ1) is 17.3. The summed E-state index contributed by atoms with van der Waals surface area (Å²) in [6.45, 7) is 1.74. The van der Waals surface area contributed by atoms with Gasteiger partial charge in [-0.1, -0.05) is 36.0 Å². The molecule has 1 saturated heterocycles. The van der Waals surface area contributed by atoms with Gasteiger partial charge in [-0.05, 0) is 31.0 Å². The van der Waals surface area contributed by atoms with Crippen molar-refractivity contribution in [1.29, 1.82) is 0 Å². The minimum Gasteiger partial charge on any atom is -0.441 e. The molecule has 1 aliphatic heterocycles. The Morgan fingerprint density at radius 3 is 2.62 bits per heavy atom. The average molecular weight is 367 g/mol. The Bertz CT molecular complexity index is 707. The molecule has 3 rings (SSSR count). The van der Waals surface area contributed by atoms with Crippen molar-refractivity contribution in [3.05, 3.63) is 40.3 Å². The predicted molar refractivity (Wildman–Crippen MR) is 95.3 cm³/mol. The van der Waals surface area contributed by atoms with Crippen molar-refractivity contribution in [2.75, 3.05) is 13.1 Å². The van der Waals surface area contributed by atoms with Gasteiger partial charge in [0, 0.05) is 36.5 Å². The summed E-state index contributed by atoms with van der Waals surface area (Å²) in [7, 11) is 0. The zero-order chi connectivity index (χ0) is 16.9. The SMILES string of the molecule is O=C(CCc1ncc(-c2ccc(Cl)cc2Cl)o1)N1CCCCCC1. The van der Waals surface area contributed by atoms with Crippen molar-refractivity contribution in [1.82, 2.24) is 9.88 Å². The van der Waals surface area contributed by atoms with Crippen LogP contribution in [0.5, 0.6) is 0 Å². The first-order chi connectivity index (χ1) is 11.6. The van der Waals surface area contributed by atoms with Crippen molar-refractivity contribution in [2.24, 2.45) is 0 Å². The highest BCUT2D eigenvalue weighted by molar-refractivity contribution is 6.36. The maximum Gasteiger partial charge on any atom is 0.223 e. The zero-order valence-electron chi connectivity index (χ0n) is 13.4. The number of rotatable bonds is 4. The van der Waals surface area contributed by atoms with Crippen LogP contribution in [0.1, 0.15) is 38.0 Å². The van der Waals surface area contributed by atoms with Gasteiger partial charge in [0.25, 0.3) is 0 Å². The fourth-order valence-electron chi connectivity index (χ4n) is 2.93. The Balaban J connectivity index is 1.60. The highest BCUT2D eigenvalue weighted by Gasteiger charge is 2.17. The molecule has 2 heterocycles. The van der Waals surface area contributed by atoms with E-state index >= 15 is 0 Å². The Kier molecular flexibility index (Phi) is 5.80. The highest BCUT2D eigenvalue weighted by Crippen LogP contribution is 2.30. The fourth-order valence-corrected chi connectivity index (χ4v) is 3.43. The number of hydrogen-bond donors (Lipinski definition) is 0. The molecule has 0 spiro atoms. The fraction of sp³-hybridized carbons (Fsp3) is 0.444. The lowest BCUT2D eigenvalue weighted by molar-refractivity contribution is -0.131. The number of aromatic nitrogens is 1. The molecular weight excluding hydrogens is 347 g/mol. The van der Waals surface area contributed by atoms with Gasteiger partial charge in [0.1, 0.15) is 0 Å². The Hall–Kier alpha value is -1.52. The number of oxazole rings is 1. The second-order valence-corrected chi connectivity index (χ2v) is 6.88. The first-order valence-corrected chi connectivity index (χ1v) is 9.07. The summed E-state index contributed by atoms with van der Waals surface area (Å²) >= 11 is 12.1. The molecule has 2 aromatic rings. The molecule has 4 nitrogen and oxygen atoms in total. The smallest absolute Gasteiger partial charge is 0.223 e. The highest BCUT2D eigenvalue weighted by atomic mass is 35.5. The molecule has 1 aromatic carbocycles. The Morgan fingerprint density at radius 1 is 1.17 bits per heavy atom. The van der Waals surface area contributed by atoms with E-state index < -0.39 is 0 Å². The van der Waals surface area contributed by atoms with Crippen molar-refractivity contribution >= 4 is 29.1 Å². The number of aryl methyl sites for hydroxylation is 1. The van der Waals surface area contributed by atoms with E-state index in [0.29, 0.717) is 34.5 Å². The minimum atomic E-state index is 0.182. The quantitative estimate of drug-likeness (QED) is 0.765. The summed E-state index contributed by atoms with van der Waals surface area (Å²) in [4.78, 5) is 18.5. The monoisotopic (exact) mass is 366 g/mol. The molecule has 0 N–H and O–H groups in total. The number of carbonyl (C=O) groups is 1. The van der Waals surface area contributed by atoms with Crippen LogP contribution < -0.4 is 0 Å². The van der Waals surface area contributed by atoms with Crippen LogP contribution in [0.25, 0.3) is 11.3 Å². The van der Waals surface area contributed by atoms with E-state index in [1.165, 1.54) is 12.8 Å². The molecule has 6 heteroatoms. The summed E-state index contributed by atoms with van der Waals surface area (Å²) in [5.41, 5.74) is 0.749. The predicted octanol–water partition coefficient (Wildman–Crippen LogP) is 4.98. The van der Waals surface area contributed by atoms with Crippen molar-refractivity contribution in [3.8, 4) is 11.3 Å². The number of carbonyl (C=O) groups excluding carboxylic acids is 1. The van der Waals surface area contributed by atoms with Gasteiger partial charge in [-0.25, -0.2) is 4.98 Å². The Morgan fingerprint density at radius 2 is 1.92 bits per heavy atom. The van der Waals surface area contributed by atoms with Gasteiger partial charge in [-0.15, -0.1) is 0 Å². The Labute approximate surface area is 151 Å². The number of likely N-dealkylation sites (tertiary alicyclic amines) is 1. The summed E-state index contributed by atoms with van der Waals surface area (Å²) in [6.07, 6.45) is 7.20. The van der Waals surface area contributed by atoms with Crippen molar-refractivity contribution in [2.45, 2.75) is 38.5 Å². The van der Waals surface area contributed by atoms with Gasteiger partial charge in [-0.3, -0.25) is 4.79 Å². The zero-order valence-corrected chi connectivity index (χ0v) is 14.9. The van der Waals surface area contributed by atoms with Crippen LogP contribution in [-0.4, -0.2) is 28.9 Å². The molecular formula is C18H20Cl2N2O2. The lowest BCUT2D eigenvalue weighted by atomic mass is 10.2. The van der Waals surface area contributed by atoms with E-state index in [1.807, 2.05) is 4.90 Å². The van der Waals surface area contributed by atoms with Gasteiger partial charge in [0.2, 0.25) is 5.91 Å². The standard InChI is InChI=1S/C18H20Cl2N2O2/c19-13-5-6-14(15(20)11-13)16-12-21-17(24-16)7-8-18(23)22-9-3-1-2-4-10-22/h5-6,11-12H,1-4,7-10H2. The molecule has 0 radical (unpaired) electrons. The molecule has 1 amide bonds. The minimum absolute atomic E-state index is 0.182. The molecule has 24 heavy (non-hydrogen) atoms. The number of benzene rings is 1. The van der Waals surface area contributed by atoms with E-state index in [4.69, 9.17) is 27.6 Å². The maximum absolute atomic E-state index is 12.3. The second kappa shape index (κ2) is 8.04. The topological polar surface area (TPSA) is 46.3 Å². The molecule has 0 bridgehead atoms. The van der Waals surface area contributed by atoms with Crippen LogP contribution in [0.15, 0.2) is 28.8 Å². The third kappa shape index (κ3) is 4.31. The van der Waals surface area contributed by atoms with Crippen LogP contribution in [0, 0.1) is 0 Å². The first-order valence-electron chi connectivity index (χ1n) is 8.31. The normalized spacial score (nSPS) is 15.3. The van der Waals surface area contributed by atoms with Crippen LogP contribution >= 0.6 is 23.2 Å². The van der Waals surface area contributed by atoms with Crippen molar-refractivity contribution < 1.29 is 9.21 Å². The third-order valence-electron chi connectivity index (χ3n) is 4.26. The van der Waals surface area contributed by atoms with Crippen LogP contribution in [0.4, 0.5) is 0 Å². The largest absolute Gasteiger partial charge is 0.441 e. The number of nitrogens with zero attached hydrogens (tertiary/aromatic N) is 2. The maximum atomic E-state index is 12.3. The molecule has 1 aromatic heterocycles. The van der Waals surface area contributed by atoms with E-state index in [2.05, 4.69) is 4.98 Å². The summed E-state index contributed by atoms with van der Waals surface area (Å²) in [5, 5.41) is 1.09. The average Bonchev–Trinajstić information content (AvgIpc) is 2.85. The molecule has 1 aliphatic rings. The molecule has 0 atom stereocenters. The van der Waals surface area contributed by atoms with Gasteiger partial charge in [0.15, 0.2) is 11.7 Å². The number of amides is 1. The van der Waals surface area contributed by atoms with Gasteiger partial charge >= 0.3 is 0 Å². The lowest BCUT2D eigenvalue weighted by Crippen LogP contribution is -2.31. The third-order valence-corrected chi connectivity index (χ3v) is 4.81. The van der Waals surface area contributed by atoms with Crippen LogP contribution in [0.3, 0.4) is 0 Å². The summed E-state index contributed by atoms with van der Waals surface area (Å²) in [6, 6.07) is 5.23. The van der Waals surface area contributed by atoms with Gasteiger partial charge < -0.3 is 9.32 Å². The molecule has 128 valence electrons. The summed E-state index contributed by atoms with van der Waals surface area (Å²) in [5.74, 6) is 1.33. The van der Waals surface area contributed by atoms with Gasteiger partial charge in [-0.2, -0.15) is 0 Å². The van der Waals surface area contributed by atoms with E-state index in [1.54, 1.807) is 24.4 Å². The van der Waals surface area contributed by atoms with E-state index in [9.17, 15) is 4.79 Å². The van der Waals surface area contributed by atoms with Gasteiger partial charge in [0.05, 0.1) is 11.2 Å². The molecule has 0 aliphatic carbocycles. The van der Waals surface area contributed by atoms with E-state index in [0.717, 1.165) is 31.5 Å². The van der Waals surface area contributed by atoms with E-state index in [-0.39, 0.29) is 5.91 Å². The molecule has 1 fully saturated rings. The lowest BCUT2D eigenvalue weighted by Gasteiger charge is -2.19. The molecule has 0 unspecified atom stereocenters. The summed E-state index contributed by atoms with van der Waals surface area (Å²) < 4.78 is 5.74. The van der Waals surface area contributed by atoms with Crippen LogP contribution in [0.2, 0.25) is 10.0 Å². The molecule has 0 saturated carbocycles. The number of halogens is 2. The second-order valence-electron chi connectivity index (χ2n) is 6.04. The van der Waals surface area contributed by atoms with Crippen molar-refractivity contribution in [3.63, 3.8) is 0 Å².